The summed E-state index contributed by atoms with van der Waals surface area (Å²) in [5.74, 6) is 2.61. The molecule has 7 heteroatoms. The van der Waals surface area contributed by atoms with Crippen molar-refractivity contribution in [3.63, 3.8) is 0 Å². The lowest BCUT2D eigenvalue weighted by Crippen LogP contribution is -2.50. The SMILES string of the molecule is CN=C(NCc1ccnc(N2CCCC2)c1)NCC(CC(C)C)N1CCOCC1. The fourth-order valence-electron chi connectivity index (χ4n) is 4.16. The molecule has 2 aliphatic rings. The van der Waals surface area contributed by atoms with Crippen LogP contribution in [0.25, 0.3) is 0 Å². The van der Waals surface area contributed by atoms with Crippen LogP contribution in [0.1, 0.15) is 38.7 Å². The zero-order chi connectivity index (χ0) is 20.5. The molecular formula is C22H38N6O. The summed E-state index contributed by atoms with van der Waals surface area (Å²) in [5.41, 5.74) is 1.23. The fraction of sp³-hybridized carbons (Fsp3) is 0.727. The Morgan fingerprint density at radius 2 is 1.93 bits per heavy atom. The van der Waals surface area contributed by atoms with Crippen molar-refractivity contribution in [2.24, 2.45) is 10.9 Å². The van der Waals surface area contributed by atoms with Gasteiger partial charge in [-0.25, -0.2) is 4.98 Å². The van der Waals surface area contributed by atoms with Crippen LogP contribution in [0.5, 0.6) is 0 Å². The lowest BCUT2D eigenvalue weighted by atomic mass is 10.0. The topological polar surface area (TPSA) is 65.0 Å². The molecule has 2 aliphatic heterocycles. The number of guanidine groups is 1. The van der Waals surface area contributed by atoms with E-state index in [9.17, 15) is 0 Å². The second kappa shape index (κ2) is 11.4. The molecule has 0 spiro atoms. The van der Waals surface area contributed by atoms with Gasteiger partial charge in [0.15, 0.2) is 5.96 Å². The number of anilines is 1. The first-order valence-corrected chi connectivity index (χ1v) is 11.1. The van der Waals surface area contributed by atoms with Crippen molar-refractivity contribution in [2.75, 3.05) is 57.9 Å². The Morgan fingerprint density at radius 1 is 1.17 bits per heavy atom. The fourth-order valence-corrected chi connectivity index (χ4v) is 4.16. The summed E-state index contributed by atoms with van der Waals surface area (Å²) >= 11 is 0. The highest BCUT2D eigenvalue weighted by Gasteiger charge is 2.22. The van der Waals surface area contributed by atoms with Gasteiger partial charge in [-0.2, -0.15) is 0 Å². The van der Waals surface area contributed by atoms with Crippen molar-refractivity contribution in [3.8, 4) is 0 Å². The Morgan fingerprint density at radius 3 is 2.62 bits per heavy atom. The average molecular weight is 403 g/mol. The van der Waals surface area contributed by atoms with Gasteiger partial charge in [0.2, 0.25) is 0 Å². The van der Waals surface area contributed by atoms with Crippen molar-refractivity contribution >= 4 is 11.8 Å². The molecule has 0 saturated carbocycles. The predicted molar refractivity (Wildman–Crippen MR) is 120 cm³/mol. The molecule has 2 N–H and O–H groups in total. The van der Waals surface area contributed by atoms with E-state index >= 15 is 0 Å². The largest absolute Gasteiger partial charge is 0.379 e. The van der Waals surface area contributed by atoms with Crippen LogP contribution in [0.3, 0.4) is 0 Å². The second-order valence-electron chi connectivity index (χ2n) is 8.45. The summed E-state index contributed by atoms with van der Waals surface area (Å²) in [5, 5.41) is 7.01. The Bertz CT molecular complexity index is 638. The van der Waals surface area contributed by atoms with Crippen LogP contribution in [0.2, 0.25) is 0 Å². The lowest BCUT2D eigenvalue weighted by Gasteiger charge is -2.35. The van der Waals surface area contributed by atoms with Gasteiger partial charge in [0.25, 0.3) is 0 Å². The highest BCUT2D eigenvalue weighted by molar-refractivity contribution is 5.79. The summed E-state index contributed by atoms with van der Waals surface area (Å²) in [7, 11) is 1.84. The van der Waals surface area contributed by atoms with E-state index in [0.29, 0.717) is 12.0 Å². The van der Waals surface area contributed by atoms with E-state index in [-0.39, 0.29) is 0 Å². The van der Waals surface area contributed by atoms with Gasteiger partial charge in [0.1, 0.15) is 5.82 Å². The first-order valence-electron chi connectivity index (χ1n) is 11.1. The molecule has 0 aromatic carbocycles. The van der Waals surface area contributed by atoms with Crippen LogP contribution in [-0.4, -0.2) is 74.9 Å². The maximum absolute atomic E-state index is 5.53. The molecule has 1 unspecified atom stereocenters. The Kier molecular flexibility index (Phi) is 8.55. The molecule has 162 valence electrons. The van der Waals surface area contributed by atoms with E-state index in [1.807, 2.05) is 13.2 Å². The molecule has 2 fully saturated rings. The third-order valence-electron chi connectivity index (χ3n) is 5.73. The Balaban J connectivity index is 1.51. The maximum atomic E-state index is 5.53. The molecule has 0 aliphatic carbocycles. The maximum Gasteiger partial charge on any atom is 0.191 e. The van der Waals surface area contributed by atoms with Gasteiger partial charge in [0, 0.05) is 58.6 Å². The van der Waals surface area contributed by atoms with Crippen molar-refractivity contribution in [1.82, 2.24) is 20.5 Å². The number of ether oxygens (including phenoxy) is 1. The minimum Gasteiger partial charge on any atom is -0.379 e. The van der Waals surface area contributed by atoms with Crippen LogP contribution in [-0.2, 0) is 11.3 Å². The number of aromatic nitrogens is 1. The van der Waals surface area contributed by atoms with E-state index in [4.69, 9.17) is 4.74 Å². The normalized spacial score (nSPS) is 19.6. The molecule has 1 aromatic rings. The van der Waals surface area contributed by atoms with Crippen LogP contribution in [0.15, 0.2) is 23.3 Å². The lowest BCUT2D eigenvalue weighted by molar-refractivity contribution is 0.0132. The summed E-state index contributed by atoms with van der Waals surface area (Å²) in [6.45, 7) is 12.2. The molecule has 1 atom stereocenters. The van der Waals surface area contributed by atoms with Crippen molar-refractivity contribution < 1.29 is 4.74 Å². The number of hydrogen-bond acceptors (Lipinski definition) is 5. The minimum absolute atomic E-state index is 0.500. The van der Waals surface area contributed by atoms with Gasteiger partial charge in [0.05, 0.1) is 13.2 Å². The van der Waals surface area contributed by atoms with Crippen LogP contribution < -0.4 is 15.5 Å². The Labute approximate surface area is 175 Å². The van der Waals surface area contributed by atoms with Gasteiger partial charge in [-0.15, -0.1) is 0 Å². The molecule has 3 rings (SSSR count). The van der Waals surface area contributed by atoms with Crippen LogP contribution >= 0.6 is 0 Å². The predicted octanol–water partition coefficient (Wildman–Crippen LogP) is 2.09. The highest BCUT2D eigenvalue weighted by Crippen LogP contribution is 2.18. The zero-order valence-electron chi connectivity index (χ0n) is 18.4. The van der Waals surface area contributed by atoms with Crippen LogP contribution in [0, 0.1) is 5.92 Å². The molecule has 0 radical (unpaired) electrons. The summed E-state index contributed by atoms with van der Waals surface area (Å²) in [6, 6.07) is 4.77. The average Bonchev–Trinajstić information content (AvgIpc) is 3.28. The number of nitrogens with one attached hydrogen (secondary N) is 2. The minimum atomic E-state index is 0.500. The van der Waals surface area contributed by atoms with Gasteiger partial charge >= 0.3 is 0 Å². The first kappa shape index (κ1) is 21.8. The second-order valence-corrected chi connectivity index (χ2v) is 8.45. The van der Waals surface area contributed by atoms with Gasteiger partial charge < -0.3 is 20.3 Å². The van der Waals surface area contributed by atoms with Gasteiger partial charge in [-0.3, -0.25) is 9.89 Å². The van der Waals surface area contributed by atoms with E-state index < -0.39 is 0 Å². The van der Waals surface area contributed by atoms with E-state index in [0.717, 1.165) is 64.3 Å². The summed E-state index contributed by atoms with van der Waals surface area (Å²) < 4.78 is 5.53. The number of morpholine rings is 1. The van der Waals surface area contributed by atoms with Crippen molar-refractivity contribution in [2.45, 2.75) is 45.7 Å². The van der Waals surface area contributed by atoms with Gasteiger partial charge in [-0.05, 0) is 42.9 Å². The monoisotopic (exact) mass is 402 g/mol. The molecule has 0 bridgehead atoms. The van der Waals surface area contributed by atoms with Crippen LogP contribution in [0.4, 0.5) is 5.82 Å². The standard InChI is InChI=1S/C22H38N6O/c1-18(2)14-20(27-10-12-29-13-11-27)17-26-22(23-3)25-16-19-6-7-24-21(15-19)28-8-4-5-9-28/h6-7,15,18,20H,4-5,8-14,16-17H2,1-3H3,(H2,23,25,26). The number of nitrogens with zero attached hydrogens (tertiary/aromatic N) is 4. The summed E-state index contributed by atoms with van der Waals surface area (Å²) in [4.78, 5) is 13.9. The molecular weight excluding hydrogens is 364 g/mol. The zero-order valence-corrected chi connectivity index (χ0v) is 18.4. The van der Waals surface area contributed by atoms with E-state index in [1.165, 1.54) is 24.8 Å². The van der Waals surface area contributed by atoms with E-state index in [1.54, 1.807) is 0 Å². The van der Waals surface area contributed by atoms with Crippen molar-refractivity contribution in [3.05, 3.63) is 23.9 Å². The number of hydrogen-bond donors (Lipinski definition) is 2. The number of aliphatic imine (C=N–C) groups is 1. The first-order chi connectivity index (χ1) is 14.2. The molecule has 29 heavy (non-hydrogen) atoms. The highest BCUT2D eigenvalue weighted by atomic mass is 16.5. The molecule has 2 saturated heterocycles. The molecule has 3 heterocycles. The third-order valence-corrected chi connectivity index (χ3v) is 5.73. The van der Waals surface area contributed by atoms with Crippen molar-refractivity contribution in [1.29, 1.82) is 0 Å². The summed E-state index contributed by atoms with van der Waals surface area (Å²) in [6.07, 6.45) is 5.62. The number of rotatable bonds is 8. The number of pyridine rings is 1. The molecule has 0 amide bonds. The quantitative estimate of drug-likeness (QED) is 0.513. The molecule has 7 nitrogen and oxygen atoms in total. The Hall–Kier alpha value is -1.86. The smallest absolute Gasteiger partial charge is 0.191 e. The van der Waals surface area contributed by atoms with E-state index in [2.05, 4.69) is 56.4 Å². The van der Waals surface area contributed by atoms with Gasteiger partial charge in [-0.1, -0.05) is 13.8 Å². The molecule has 1 aromatic heterocycles. The third kappa shape index (κ3) is 6.85.